The van der Waals surface area contributed by atoms with Crippen LogP contribution in [0.15, 0.2) is 102 Å². The summed E-state index contributed by atoms with van der Waals surface area (Å²) in [5.41, 5.74) is 8.06. The van der Waals surface area contributed by atoms with E-state index in [1.165, 1.54) is 21.9 Å². The van der Waals surface area contributed by atoms with Crippen molar-refractivity contribution in [2.45, 2.75) is 43.6 Å². The highest BCUT2D eigenvalue weighted by molar-refractivity contribution is 7.11. The second-order valence-corrected chi connectivity index (χ2v) is 14.0. The summed E-state index contributed by atoms with van der Waals surface area (Å²) < 4.78 is 0. The molecule has 48 heavy (non-hydrogen) atoms. The molecule has 1 aliphatic rings. The maximum absolute atomic E-state index is 13.4. The fraction of sp³-hybridized carbons (Fsp3) is 0.333. The number of fused-ring (bicyclic) bond motifs is 1. The zero-order chi connectivity index (χ0) is 33.5. The first-order valence-electron chi connectivity index (χ1n) is 16.8. The van der Waals surface area contributed by atoms with Gasteiger partial charge in [0.05, 0.1) is 11.6 Å². The molecule has 6 rings (SSSR count). The molecule has 3 heterocycles. The van der Waals surface area contributed by atoms with Gasteiger partial charge in [-0.15, -0.1) is 11.3 Å². The number of primary amides is 1. The monoisotopic (exact) mass is 664 g/mol. The number of aromatic amines is 1. The number of carbonyl (C=O) groups excluding carboxylic acids is 1. The van der Waals surface area contributed by atoms with Crippen molar-refractivity contribution in [3.8, 4) is 5.75 Å². The molecule has 0 spiro atoms. The minimum Gasteiger partial charge on any atom is -0.506 e. The fourth-order valence-corrected chi connectivity index (χ4v) is 8.47. The van der Waals surface area contributed by atoms with E-state index in [2.05, 4.69) is 27.3 Å². The van der Waals surface area contributed by atoms with Gasteiger partial charge in [-0.25, -0.2) is 0 Å². The van der Waals surface area contributed by atoms with Crippen LogP contribution in [-0.2, 0) is 23.1 Å². The Kier molecular flexibility index (Phi) is 10.7. The molecule has 0 bridgehead atoms. The first kappa shape index (κ1) is 33.6. The second kappa shape index (κ2) is 15.3. The highest BCUT2D eigenvalue weighted by Gasteiger charge is 2.49. The molecule has 0 saturated carbocycles. The van der Waals surface area contributed by atoms with Gasteiger partial charge in [-0.3, -0.25) is 9.59 Å². The van der Waals surface area contributed by atoms with E-state index in [0.29, 0.717) is 23.0 Å². The van der Waals surface area contributed by atoms with Crippen LogP contribution in [0.25, 0.3) is 10.9 Å². The summed E-state index contributed by atoms with van der Waals surface area (Å²) in [6, 6.07) is 30.8. The van der Waals surface area contributed by atoms with Gasteiger partial charge in [-0.05, 0) is 98.6 Å². The largest absolute Gasteiger partial charge is 0.506 e. The van der Waals surface area contributed by atoms with Gasteiger partial charge in [0.2, 0.25) is 11.5 Å². The van der Waals surface area contributed by atoms with Crippen molar-refractivity contribution in [1.82, 2.24) is 15.2 Å². The number of nitrogens with two attached hydrogens (primary N) is 1. The summed E-state index contributed by atoms with van der Waals surface area (Å²) in [7, 11) is 0. The van der Waals surface area contributed by atoms with E-state index in [-0.39, 0.29) is 23.1 Å². The number of phenolic OH excluding ortho intramolecular Hbond substituents is 1. The molecule has 6 N–H and O–H groups in total. The Balaban J connectivity index is 0.959. The highest BCUT2D eigenvalue weighted by Crippen LogP contribution is 2.43. The number of rotatable bonds is 15. The van der Waals surface area contributed by atoms with Gasteiger partial charge in [0.25, 0.3) is 0 Å². The molecule has 3 aromatic carbocycles. The second-order valence-electron chi connectivity index (χ2n) is 12.8. The molecule has 1 amide bonds. The number of phenols is 1. The van der Waals surface area contributed by atoms with E-state index >= 15 is 0 Å². The van der Waals surface area contributed by atoms with Crippen molar-refractivity contribution < 1.29 is 15.0 Å². The van der Waals surface area contributed by atoms with Crippen LogP contribution in [-0.4, -0.2) is 58.7 Å². The smallest absolute Gasteiger partial charge is 0.248 e. The number of aromatic nitrogens is 1. The molecule has 1 saturated heterocycles. The molecule has 0 unspecified atom stereocenters. The average Bonchev–Trinajstić information content (AvgIpc) is 3.76. The number of H-pyrrole nitrogens is 1. The third kappa shape index (κ3) is 7.24. The number of thiophene rings is 1. The molecule has 1 fully saturated rings. The lowest BCUT2D eigenvalue weighted by Gasteiger charge is -2.37. The summed E-state index contributed by atoms with van der Waals surface area (Å²) in [6.07, 6.45) is 4.18. The zero-order valence-electron chi connectivity index (χ0n) is 27.1. The van der Waals surface area contributed by atoms with Crippen LogP contribution in [0, 0.1) is 5.92 Å². The fourth-order valence-electron chi connectivity index (χ4n) is 7.37. The number of aliphatic hydroxyl groups is 1. The summed E-state index contributed by atoms with van der Waals surface area (Å²) >= 11 is 1.87. The van der Waals surface area contributed by atoms with Crippen LogP contribution in [0.2, 0.25) is 0 Å². The number of likely N-dealkylation sites (tertiary alicyclic amines) is 1. The van der Waals surface area contributed by atoms with Gasteiger partial charge in [-0.1, -0.05) is 66.7 Å². The molecule has 2 atom stereocenters. The van der Waals surface area contributed by atoms with E-state index < -0.39 is 11.5 Å². The number of hydrogen-bond donors (Lipinski definition) is 5. The molecule has 8 nitrogen and oxygen atoms in total. The van der Waals surface area contributed by atoms with Crippen molar-refractivity contribution in [1.29, 1.82) is 0 Å². The molecule has 0 radical (unpaired) electrons. The first-order chi connectivity index (χ1) is 23.4. The van der Waals surface area contributed by atoms with Crippen LogP contribution in [0.5, 0.6) is 5.75 Å². The van der Waals surface area contributed by atoms with Crippen LogP contribution in [0.4, 0.5) is 0 Å². The van der Waals surface area contributed by atoms with E-state index in [9.17, 15) is 19.8 Å². The first-order valence-corrected chi connectivity index (χ1v) is 17.6. The van der Waals surface area contributed by atoms with Crippen molar-refractivity contribution in [3.63, 3.8) is 0 Å². The molecular formula is C39H44N4O4S. The number of aryl methyl sites for hydroxylation is 2. The van der Waals surface area contributed by atoms with Crippen molar-refractivity contribution in [2.75, 3.05) is 32.7 Å². The zero-order valence-corrected chi connectivity index (χ0v) is 27.9. The lowest BCUT2D eigenvalue weighted by Crippen LogP contribution is -2.49. The lowest BCUT2D eigenvalue weighted by atomic mass is 9.64. The number of pyridine rings is 1. The Hall–Kier alpha value is -4.28. The maximum atomic E-state index is 13.4. The summed E-state index contributed by atoms with van der Waals surface area (Å²) in [5, 5.41) is 24.9. The van der Waals surface area contributed by atoms with Crippen LogP contribution in [0.1, 0.15) is 51.8 Å². The van der Waals surface area contributed by atoms with Gasteiger partial charge in [-0.2, -0.15) is 0 Å². The Morgan fingerprint density at radius 3 is 2.27 bits per heavy atom. The third-order valence-corrected chi connectivity index (χ3v) is 10.9. The van der Waals surface area contributed by atoms with Crippen LogP contribution >= 0.6 is 11.3 Å². The number of aromatic hydroxyl groups is 1. The maximum Gasteiger partial charge on any atom is 0.248 e. The van der Waals surface area contributed by atoms with Gasteiger partial charge >= 0.3 is 0 Å². The molecular weight excluding hydrogens is 621 g/mol. The molecule has 2 aromatic heterocycles. The summed E-state index contributed by atoms with van der Waals surface area (Å²) in [6.45, 7) is 3.93. The predicted octanol–water partition coefficient (Wildman–Crippen LogP) is 5.28. The summed E-state index contributed by atoms with van der Waals surface area (Å²) in [5.74, 6) is -0.191. The number of benzene rings is 3. The number of amides is 1. The molecule has 0 aliphatic carbocycles. The Labute approximate surface area is 285 Å². The Morgan fingerprint density at radius 2 is 1.60 bits per heavy atom. The topological polar surface area (TPSA) is 132 Å². The number of hydrogen-bond acceptors (Lipinski definition) is 7. The lowest BCUT2D eigenvalue weighted by molar-refractivity contribution is -0.123. The molecule has 5 aromatic rings. The number of nitrogens with zero attached hydrogens (tertiary/aromatic N) is 1. The van der Waals surface area contributed by atoms with Crippen LogP contribution in [0.3, 0.4) is 0 Å². The molecule has 1 aliphatic heterocycles. The minimum absolute atomic E-state index is 0.0134. The summed E-state index contributed by atoms with van der Waals surface area (Å²) in [4.78, 5) is 32.9. The average molecular weight is 665 g/mol. The van der Waals surface area contributed by atoms with Gasteiger partial charge in [0.15, 0.2) is 0 Å². The standard InChI is InChI=1S/C39H44N4O4S/c40-38(47)39(27-9-3-1-4-10-27,28-11-5-2-6-12-28)29-21-24-43(26-29)23-8-14-31-16-15-30(48-31)13-7-22-41-25-35(45)32-17-19-34(44)37-33(32)18-20-36(46)42-37/h1-6,9-12,15-20,29,35,41,44-45H,7-8,13-14,21-26H2,(H2,40,47)(H,42,46)/t29-,35+/m1/s1. The van der Waals surface area contributed by atoms with Crippen molar-refractivity contribution >= 4 is 28.1 Å². The normalized spacial score (nSPS) is 16.0. The van der Waals surface area contributed by atoms with E-state index in [0.717, 1.165) is 69.4 Å². The molecule has 250 valence electrons. The highest BCUT2D eigenvalue weighted by atomic mass is 32.1. The molecule has 9 heteroatoms. The number of nitrogens with one attached hydrogen (secondary N) is 2. The van der Waals surface area contributed by atoms with Gasteiger partial charge in [0.1, 0.15) is 11.2 Å². The van der Waals surface area contributed by atoms with Gasteiger partial charge < -0.3 is 31.1 Å². The van der Waals surface area contributed by atoms with Gasteiger partial charge in [0, 0.05) is 34.3 Å². The predicted molar refractivity (Wildman–Crippen MR) is 192 cm³/mol. The van der Waals surface area contributed by atoms with Crippen molar-refractivity contribution in [3.05, 3.63) is 134 Å². The third-order valence-electron chi connectivity index (χ3n) is 9.73. The minimum atomic E-state index is -0.853. The van der Waals surface area contributed by atoms with E-state index in [4.69, 9.17) is 5.73 Å². The van der Waals surface area contributed by atoms with E-state index in [1.807, 2.05) is 72.0 Å². The Morgan fingerprint density at radius 1 is 0.938 bits per heavy atom. The van der Waals surface area contributed by atoms with Crippen molar-refractivity contribution in [2.24, 2.45) is 11.7 Å². The number of aliphatic hydroxyl groups excluding tert-OH is 1. The van der Waals surface area contributed by atoms with Crippen LogP contribution < -0.4 is 16.6 Å². The SMILES string of the molecule is NC(=O)C(c1ccccc1)(c1ccccc1)[C@@H]1CCN(CCCc2ccc(CCCNC[C@H](O)c3ccc(O)c4[nH]c(=O)ccc34)s2)C1. The number of carbonyl (C=O) groups is 1. The van der Waals surface area contributed by atoms with E-state index in [1.54, 1.807) is 12.1 Å². The quantitative estimate of drug-likeness (QED) is 0.0969. The Bertz CT molecular complexity index is 1830.